The molecule has 0 aromatic carbocycles. The molecule has 0 amide bonds. The Kier molecular flexibility index (Phi) is 5.79. The SMILES string of the molecule is CCN=C(N(C)C)N(C)C[Si]C. The molecular formula is C8H19N3Si. The van der Waals surface area contributed by atoms with Crippen molar-refractivity contribution in [3.05, 3.63) is 0 Å². The van der Waals surface area contributed by atoms with E-state index in [0.29, 0.717) is 0 Å². The summed E-state index contributed by atoms with van der Waals surface area (Å²) in [6, 6.07) is 0. The van der Waals surface area contributed by atoms with Crippen LogP contribution in [0.3, 0.4) is 0 Å². The standard InChI is InChI=1S/C8H19N3Si/c1-6-9-8(10(2)3)11(4)7-12-5/h6-7H2,1-5H3. The Morgan fingerprint density at radius 1 is 1.33 bits per heavy atom. The molecule has 2 radical (unpaired) electrons. The van der Waals surface area contributed by atoms with E-state index in [2.05, 4.69) is 35.3 Å². The molecule has 0 spiro atoms. The molecule has 0 saturated carbocycles. The lowest BCUT2D eigenvalue weighted by Crippen LogP contribution is -2.39. The Bertz CT molecular complexity index is 145. The Morgan fingerprint density at radius 3 is 2.25 bits per heavy atom. The molecule has 3 nitrogen and oxygen atoms in total. The van der Waals surface area contributed by atoms with Gasteiger partial charge in [0.25, 0.3) is 0 Å². The zero-order valence-corrected chi connectivity index (χ0v) is 9.76. The molecule has 0 aromatic heterocycles. The average molecular weight is 185 g/mol. The lowest BCUT2D eigenvalue weighted by Gasteiger charge is -2.25. The van der Waals surface area contributed by atoms with Gasteiger partial charge >= 0.3 is 0 Å². The van der Waals surface area contributed by atoms with Crippen molar-refractivity contribution in [1.82, 2.24) is 9.80 Å². The molecule has 0 aliphatic rings. The number of guanidine groups is 1. The lowest BCUT2D eigenvalue weighted by molar-refractivity contribution is 0.466. The van der Waals surface area contributed by atoms with E-state index in [1.54, 1.807) is 0 Å². The molecule has 4 heteroatoms. The molecule has 0 bridgehead atoms. The Morgan fingerprint density at radius 2 is 1.92 bits per heavy atom. The zero-order valence-electron chi connectivity index (χ0n) is 8.76. The predicted octanol–water partition coefficient (Wildman–Crippen LogP) is 0.565. The van der Waals surface area contributed by atoms with Gasteiger partial charge in [-0.1, -0.05) is 6.55 Å². The fourth-order valence-corrected chi connectivity index (χ4v) is 1.67. The van der Waals surface area contributed by atoms with E-state index in [1.165, 1.54) is 0 Å². The number of hydrogen-bond donors (Lipinski definition) is 0. The van der Waals surface area contributed by atoms with Crippen LogP contribution in [0.4, 0.5) is 0 Å². The fourth-order valence-electron chi connectivity index (χ4n) is 1.05. The molecule has 0 aliphatic heterocycles. The van der Waals surface area contributed by atoms with E-state index in [4.69, 9.17) is 0 Å². The summed E-state index contributed by atoms with van der Waals surface area (Å²) >= 11 is 0. The van der Waals surface area contributed by atoms with Crippen LogP contribution < -0.4 is 0 Å². The van der Waals surface area contributed by atoms with Crippen molar-refractivity contribution in [3.8, 4) is 0 Å². The highest BCUT2D eigenvalue weighted by Crippen LogP contribution is 1.91. The molecule has 0 heterocycles. The van der Waals surface area contributed by atoms with Gasteiger partial charge in [-0.15, -0.1) is 0 Å². The molecule has 0 N–H and O–H groups in total. The predicted molar refractivity (Wildman–Crippen MR) is 55.9 cm³/mol. The van der Waals surface area contributed by atoms with Crippen LogP contribution in [-0.4, -0.2) is 59.1 Å². The summed E-state index contributed by atoms with van der Waals surface area (Å²) in [5.74, 6) is 1.08. The summed E-state index contributed by atoms with van der Waals surface area (Å²) in [5.41, 5.74) is 0. The van der Waals surface area contributed by atoms with E-state index in [9.17, 15) is 0 Å². The maximum atomic E-state index is 4.42. The van der Waals surface area contributed by atoms with E-state index in [0.717, 1.165) is 28.2 Å². The molecule has 0 fully saturated rings. The Balaban J connectivity index is 4.19. The van der Waals surface area contributed by atoms with E-state index in [1.807, 2.05) is 14.1 Å². The molecule has 0 atom stereocenters. The van der Waals surface area contributed by atoms with Crippen LogP contribution in [-0.2, 0) is 0 Å². The van der Waals surface area contributed by atoms with Crippen LogP contribution in [0, 0.1) is 0 Å². The molecule has 70 valence electrons. The van der Waals surface area contributed by atoms with Crippen molar-refractivity contribution in [2.45, 2.75) is 13.5 Å². The second-order valence-corrected chi connectivity index (χ2v) is 3.90. The molecule has 0 aliphatic carbocycles. The maximum Gasteiger partial charge on any atom is 0.195 e. The summed E-state index contributed by atoms with van der Waals surface area (Å²) in [7, 11) is 7.10. The highest BCUT2D eigenvalue weighted by Gasteiger charge is 2.05. The fraction of sp³-hybridized carbons (Fsp3) is 0.875. The number of nitrogens with zero attached hydrogens (tertiary/aromatic N) is 3. The number of rotatable bonds is 3. The highest BCUT2D eigenvalue weighted by atomic mass is 28.2. The first-order valence-corrected chi connectivity index (χ1v) is 5.91. The van der Waals surface area contributed by atoms with Crippen LogP contribution in [0.5, 0.6) is 0 Å². The monoisotopic (exact) mass is 185 g/mol. The first kappa shape index (κ1) is 11.5. The molecule has 0 saturated heterocycles. The van der Waals surface area contributed by atoms with Crippen LogP contribution in [0.1, 0.15) is 6.92 Å². The third kappa shape index (κ3) is 3.76. The minimum Gasteiger partial charge on any atom is -0.349 e. The van der Waals surface area contributed by atoms with Crippen LogP contribution in [0.25, 0.3) is 0 Å². The van der Waals surface area contributed by atoms with E-state index in [-0.39, 0.29) is 0 Å². The maximum absolute atomic E-state index is 4.42. The minimum atomic E-state index is 0.852. The van der Waals surface area contributed by atoms with Gasteiger partial charge in [0.05, 0.1) is 9.52 Å². The van der Waals surface area contributed by atoms with Gasteiger partial charge in [-0.05, 0) is 6.92 Å². The molecule has 12 heavy (non-hydrogen) atoms. The van der Waals surface area contributed by atoms with Gasteiger partial charge in [-0.3, -0.25) is 4.99 Å². The van der Waals surface area contributed by atoms with E-state index >= 15 is 0 Å². The smallest absolute Gasteiger partial charge is 0.195 e. The van der Waals surface area contributed by atoms with Gasteiger partial charge in [0.15, 0.2) is 5.96 Å². The molecule has 0 aromatic rings. The van der Waals surface area contributed by atoms with Crippen molar-refractivity contribution >= 4 is 15.5 Å². The molecule has 0 unspecified atom stereocenters. The summed E-state index contributed by atoms with van der Waals surface area (Å²) in [6.07, 6.45) is 1.09. The first-order valence-electron chi connectivity index (χ1n) is 4.21. The van der Waals surface area contributed by atoms with Gasteiger partial charge in [-0.25, -0.2) is 0 Å². The van der Waals surface area contributed by atoms with Gasteiger partial charge in [0.1, 0.15) is 0 Å². The van der Waals surface area contributed by atoms with Gasteiger partial charge in [0.2, 0.25) is 0 Å². The Labute approximate surface area is 78.3 Å². The highest BCUT2D eigenvalue weighted by molar-refractivity contribution is 6.34. The molecule has 0 rings (SSSR count). The number of hydrogen-bond acceptors (Lipinski definition) is 1. The van der Waals surface area contributed by atoms with Crippen molar-refractivity contribution in [3.63, 3.8) is 0 Å². The van der Waals surface area contributed by atoms with Crippen LogP contribution >= 0.6 is 0 Å². The largest absolute Gasteiger partial charge is 0.349 e. The topological polar surface area (TPSA) is 18.8 Å². The summed E-state index contributed by atoms with van der Waals surface area (Å²) in [6.45, 7) is 5.12. The molecular weight excluding hydrogens is 166 g/mol. The van der Waals surface area contributed by atoms with Crippen molar-refractivity contribution < 1.29 is 0 Å². The number of aliphatic imine (C=N–C) groups is 1. The zero-order chi connectivity index (χ0) is 9.56. The Hall–Kier alpha value is -0.513. The van der Waals surface area contributed by atoms with Crippen molar-refractivity contribution in [2.75, 3.05) is 33.9 Å². The van der Waals surface area contributed by atoms with E-state index < -0.39 is 0 Å². The average Bonchev–Trinajstić information content (AvgIpc) is 1.99. The van der Waals surface area contributed by atoms with Crippen molar-refractivity contribution in [1.29, 1.82) is 0 Å². The second kappa shape index (κ2) is 6.05. The summed E-state index contributed by atoms with van der Waals surface area (Å²) < 4.78 is 0. The third-order valence-electron chi connectivity index (χ3n) is 1.44. The van der Waals surface area contributed by atoms with Crippen LogP contribution in [0.2, 0.25) is 6.55 Å². The quantitative estimate of drug-likeness (QED) is 0.364. The minimum absolute atomic E-state index is 0.852. The summed E-state index contributed by atoms with van der Waals surface area (Å²) in [4.78, 5) is 8.67. The van der Waals surface area contributed by atoms with Gasteiger partial charge in [-0.2, -0.15) is 0 Å². The van der Waals surface area contributed by atoms with Crippen molar-refractivity contribution in [2.24, 2.45) is 4.99 Å². The lowest BCUT2D eigenvalue weighted by atomic mass is 10.7. The first-order chi connectivity index (χ1) is 5.63. The normalized spacial score (nSPS) is 11.6. The second-order valence-electron chi connectivity index (χ2n) is 2.88. The van der Waals surface area contributed by atoms with Crippen LogP contribution in [0.15, 0.2) is 4.99 Å². The van der Waals surface area contributed by atoms with Gasteiger partial charge in [0, 0.05) is 33.9 Å². The van der Waals surface area contributed by atoms with Gasteiger partial charge < -0.3 is 9.80 Å². The third-order valence-corrected chi connectivity index (χ3v) is 2.23. The summed E-state index contributed by atoms with van der Waals surface area (Å²) in [5, 5.41) is 0.